The van der Waals surface area contributed by atoms with Crippen molar-refractivity contribution in [2.45, 2.75) is 25.9 Å². The molecule has 0 bridgehead atoms. The molecule has 3 rings (SSSR count). The first-order valence-electron chi connectivity index (χ1n) is 8.58. The fraction of sp³-hybridized carbons (Fsp3) is 0.263. The van der Waals surface area contributed by atoms with Gasteiger partial charge in [0, 0.05) is 12.6 Å². The molecule has 2 N–H and O–H groups in total. The van der Waals surface area contributed by atoms with Gasteiger partial charge in [-0.3, -0.25) is 14.0 Å². The molecule has 2 aromatic heterocycles. The molecule has 1 aromatic carbocycles. The van der Waals surface area contributed by atoms with E-state index in [1.165, 1.54) is 9.08 Å². The van der Waals surface area contributed by atoms with Gasteiger partial charge in [-0.25, -0.2) is 9.48 Å². The maximum absolute atomic E-state index is 12.4. The summed E-state index contributed by atoms with van der Waals surface area (Å²) in [6, 6.07) is 13.5. The predicted octanol–water partition coefficient (Wildman–Crippen LogP) is 1.46. The number of nitrogens with one attached hydrogen (secondary N) is 1. The maximum atomic E-state index is 12.4. The number of pyridine rings is 1. The number of carboxylic acid groups (broad SMARTS) is 1. The number of aryl methyl sites for hydroxylation is 1. The standard InChI is InChI=1S/C19H20N4O4/c1-13(18(25)26)17(14-7-3-2-4-8-14)20-16(24)10-12-23-19(27)22-11-6-5-9-15(22)21-23/h2-9,11,13,17H,10,12H2,1H3,(H,20,24)(H,25,26). The van der Waals surface area contributed by atoms with Gasteiger partial charge in [-0.05, 0) is 24.6 Å². The number of benzene rings is 1. The fourth-order valence-corrected chi connectivity index (χ4v) is 2.87. The van der Waals surface area contributed by atoms with Crippen molar-refractivity contribution in [1.82, 2.24) is 19.5 Å². The lowest BCUT2D eigenvalue weighted by molar-refractivity contribution is -0.142. The Hall–Kier alpha value is -3.42. The molecule has 8 nitrogen and oxygen atoms in total. The predicted molar refractivity (Wildman–Crippen MR) is 98.2 cm³/mol. The topological polar surface area (TPSA) is 106 Å². The summed E-state index contributed by atoms with van der Waals surface area (Å²) < 4.78 is 2.63. The van der Waals surface area contributed by atoms with Crippen LogP contribution in [-0.4, -0.2) is 31.2 Å². The molecule has 0 aliphatic heterocycles. The van der Waals surface area contributed by atoms with Gasteiger partial charge in [0.1, 0.15) is 0 Å². The Morgan fingerprint density at radius 3 is 2.52 bits per heavy atom. The van der Waals surface area contributed by atoms with Crippen LogP contribution in [0, 0.1) is 5.92 Å². The van der Waals surface area contributed by atoms with Crippen LogP contribution in [0.5, 0.6) is 0 Å². The minimum absolute atomic E-state index is 0.0134. The number of carboxylic acids is 1. The van der Waals surface area contributed by atoms with Crippen LogP contribution in [0.3, 0.4) is 0 Å². The van der Waals surface area contributed by atoms with Crippen LogP contribution in [0.1, 0.15) is 24.9 Å². The first-order chi connectivity index (χ1) is 13.0. The van der Waals surface area contributed by atoms with Gasteiger partial charge >= 0.3 is 11.7 Å². The number of aromatic nitrogens is 3. The van der Waals surface area contributed by atoms with E-state index in [1.807, 2.05) is 6.07 Å². The Bertz CT molecular complexity index is 1010. The average molecular weight is 368 g/mol. The number of carbonyl (C=O) groups is 2. The van der Waals surface area contributed by atoms with Gasteiger partial charge in [0.05, 0.1) is 18.5 Å². The molecule has 27 heavy (non-hydrogen) atoms. The molecule has 0 saturated carbocycles. The van der Waals surface area contributed by atoms with Crippen LogP contribution < -0.4 is 11.0 Å². The maximum Gasteiger partial charge on any atom is 0.350 e. The number of aliphatic carboxylic acids is 1. The van der Waals surface area contributed by atoms with E-state index in [0.29, 0.717) is 11.2 Å². The summed E-state index contributed by atoms with van der Waals surface area (Å²) in [5.74, 6) is -2.14. The van der Waals surface area contributed by atoms with E-state index in [4.69, 9.17) is 0 Å². The van der Waals surface area contributed by atoms with Gasteiger partial charge in [-0.2, -0.15) is 0 Å². The largest absolute Gasteiger partial charge is 0.481 e. The van der Waals surface area contributed by atoms with E-state index in [2.05, 4.69) is 10.4 Å². The van der Waals surface area contributed by atoms with Gasteiger partial charge in [0.2, 0.25) is 5.91 Å². The van der Waals surface area contributed by atoms with Crippen molar-refractivity contribution in [1.29, 1.82) is 0 Å². The highest BCUT2D eigenvalue weighted by Crippen LogP contribution is 2.22. The number of hydrogen-bond donors (Lipinski definition) is 2. The zero-order chi connectivity index (χ0) is 19.4. The molecule has 0 aliphatic carbocycles. The smallest absolute Gasteiger partial charge is 0.350 e. The highest BCUT2D eigenvalue weighted by Gasteiger charge is 2.26. The quantitative estimate of drug-likeness (QED) is 0.657. The minimum atomic E-state index is -0.999. The third kappa shape index (κ3) is 4.05. The van der Waals surface area contributed by atoms with E-state index < -0.39 is 17.9 Å². The molecule has 3 aromatic rings. The molecular formula is C19H20N4O4. The molecule has 0 fully saturated rings. The molecule has 1 amide bonds. The normalized spacial score (nSPS) is 13.2. The van der Waals surface area contributed by atoms with E-state index in [-0.39, 0.29) is 24.6 Å². The van der Waals surface area contributed by atoms with E-state index in [0.717, 1.165) is 0 Å². The van der Waals surface area contributed by atoms with Gasteiger partial charge < -0.3 is 10.4 Å². The van der Waals surface area contributed by atoms with Gasteiger partial charge in [0.25, 0.3) is 0 Å². The first-order valence-corrected chi connectivity index (χ1v) is 8.58. The van der Waals surface area contributed by atoms with Crippen LogP contribution in [-0.2, 0) is 16.1 Å². The van der Waals surface area contributed by atoms with Gasteiger partial charge in [-0.1, -0.05) is 36.4 Å². The van der Waals surface area contributed by atoms with E-state index in [9.17, 15) is 19.5 Å². The summed E-state index contributed by atoms with van der Waals surface area (Å²) in [6.45, 7) is 1.65. The number of hydrogen-bond acceptors (Lipinski definition) is 4. The van der Waals surface area contributed by atoms with Crippen molar-refractivity contribution in [2.75, 3.05) is 0 Å². The number of amides is 1. The Morgan fingerprint density at radius 2 is 1.85 bits per heavy atom. The molecule has 2 unspecified atom stereocenters. The van der Waals surface area contributed by atoms with Crippen LogP contribution in [0.4, 0.5) is 0 Å². The molecular weight excluding hydrogens is 348 g/mol. The highest BCUT2D eigenvalue weighted by atomic mass is 16.4. The SMILES string of the molecule is CC(C(=O)O)C(NC(=O)CCn1nc2ccccn2c1=O)c1ccccc1. The van der Waals surface area contributed by atoms with Gasteiger partial charge in [-0.15, -0.1) is 5.10 Å². The Kier molecular flexibility index (Phi) is 5.35. The van der Waals surface area contributed by atoms with E-state index in [1.54, 1.807) is 55.6 Å². The van der Waals surface area contributed by atoms with Crippen molar-refractivity contribution < 1.29 is 14.7 Å². The van der Waals surface area contributed by atoms with Crippen LogP contribution in [0.25, 0.3) is 5.65 Å². The molecule has 0 saturated heterocycles. The molecule has 140 valence electrons. The van der Waals surface area contributed by atoms with Crippen molar-refractivity contribution in [3.63, 3.8) is 0 Å². The number of carbonyl (C=O) groups excluding carboxylic acids is 1. The first kappa shape index (κ1) is 18.4. The van der Waals surface area contributed by atoms with Crippen LogP contribution in [0.15, 0.2) is 59.5 Å². The summed E-state index contributed by atoms with van der Waals surface area (Å²) in [7, 11) is 0. The molecule has 8 heteroatoms. The number of nitrogens with zero attached hydrogens (tertiary/aromatic N) is 3. The minimum Gasteiger partial charge on any atom is -0.481 e. The Morgan fingerprint density at radius 1 is 1.15 bits per heavy atom. The van der Waals surface area contributed by atoms with E-state index >= 15 is 0 Å². The number of fused-ring (bicyclic) bond motifs is 1. The van der Waals surface area contributed by atoms with Crippen molar-refractivity contribution in [3.05, 3.63) is 70.8 Å². The third-order valence-corrected chi connectivity index (χ3v) is 4.40. The van der Waals surface area contributed by atoms with Crippen molar-refractivity contribution in [3.8, 4) is 0 Å². The molecule has 2 heterocycles. The summed E-state index contributed by atoms with van der Waals surface area (Å²) in [5, 5.41) is 16.3. The monoisotopic (exact) mass is 368 g/mol. The molecule has 0 aliphatic rings. The van der Waals surface area contributed by atoms with Crippen molar-refractivity contribution >= 4 is 17.5 Å². The second-order valence-electron chi connectivity index (χ2n) is 6.27. The van der Waals surface area contributed by atoms with Crippen molar-refractivity contribution in [2.24, 2.45) is 5.92 Å². The zero-order valence-corrected chi connectivity index (χ0v) is 14.8. The lowest BCUT2D eigenvalue weighted by Gasteiger charge is -2.23. The lowest BCUT2D eigenvalue weighted by Crippen LogP contribution is -2.36. The van der Waals surface area contributed by atoms with Gasteiger partial charge in [0.15, 0.2) is 5.65 Å². The Labute approximate surface area is 155 Å². The second-order valence-corrected chi connectivity index (χ2v) is 6.27. The third-order valence-electron chi connectivity index (χ3n) is 4.40. The molecule has 0 spiro atoms. The zero-order valence-electron chi connectivity index (χ0n) is 14.8. The summed E-state index contributed by atoms with van der Waals surface area (Å²) in [6.07, 6.45) is 1.63. The molecule has 0 radical (unpaired) electrons. The van der Waals surface area contributed by atoms with Crippen LogP contribution in [0.2, 0.25) is 0 Å². The summed E-state index contributed by atoms with van der Waals surface area (Å²) >= 11 is 0. The molecule has 2 atom stereocenters. The second kappa shape index (κ2) is 7.86. The van der Waals surface area contributed by atoms with Crippen LogP contribution >= 0.6 is 0 Å². The lowest BCUT2D eigenvalue weighted by atomic mass is 9.94. The summed E-state index contributed by atoms with van der Waals surface area (Å²) in [5.41, 5.74) is 0.895. The Balaban J connectivity index is 1.71. The average Bonchev–Trinajstić information content (AvgIpc) is 3.00. The highest BCUT2D eigenvalue weighted by molar-refractivity contribution is 5.78. The fourth-order valence-electron chi connectivity index (χ4n) is 2.87. The summed E-state index contributed by atoms with van der Waals surface area (Å²) in [4.78, 5) is 36.0. The number of rotatable bonds is 7.